The number of carbonyl (C=O) groups is 1. The van der Waals surface area contributed by atoms with Crippen LogP contribution in [0.25, 0.3) is 0 Å². The molecule has 6 aliphatic rings. The van der Waals surface area contributed by atoms with Crippen LogP contribution in [-0.4, -0.2) is 25.2 Å². The van der Waals surface area contributed by atoms with Gasteiger partial charge in [-0.25, -0.2) is 0 Å². The highest BCUT2D eigenvalue weighted by molar-refractivity contribution is 5.76. The van der Waals surface area contributed by atoms with Crippen molar-refractivity contribution in [1.82, 2.24) is 5.32 Å². The molecule has 166 valence electrons. The van der Waals surface area contributed by atoms with Crippen LogP contribution in [0.5, 0.6) is 0 Å². The minimum Gasteiger partial charge on any atom is -0.464 e. The smallest absolute Gasteiger partial charge is 0.323 e. The number of carbonyl (C=O) groups excluding carboxylic acids is 1. The summed E-state index contributed by atoms with van der Waals surface area (Å²) >= 11 is 0. The van der Waals surface area contributed by atoms with Crippen molar-refractivity contribution in [2.24, 2.45) is 29.6 Å². The molecule has 0 aromatic carbocycles. The second-order valence-electron chi connectivity index (χ2n) is 10.9. The SMILES string of the molecule is O=C(OCC1CCC2CCC3C(=C2C1)C=CC1=C2C=CCCC2CCC13)C1CCCN1. The van der Waals surface area contributed by atoms with Gasteiger partial charge < -0.3 is 10.1 Å². The zero-order valence-electron chi connectivity index (χ0n) is 18.8. The first kappa shape index (κ1) is 20.0. The fourth-order valence-electron chi connectivity index (χ4n) is 7.61. The fraction of sp³-hybridized carbons (Fsp3) is 0.679. The summed E-state index contributed by atoms with van der Waals surface area (Å²) < 4.78 is 5.77. The number of allylic oxidation sites excluding steroid dienone is 8. The molecule has 1 aliphatic heterocycles. The number of nitrogens with one attached hydrogen (secondary N) is 1. The molecule has 6 unspecified atom stereocenters. The van der Waals surface area contributed by atoms with Gasteiger partial charge in [0.2, 0.25) is 0 Å². The van der Waals surface area contributed by atoms with E-state index in [0.29, 0.717) is 12.5 Å². The topological polar surface area (TPSA) is 38.3 Å². The largest absolute Gasteiger partial charge is 0.464 e. The number of esters is 1. The van der Waals surface area contributed by atoms with Crippen LogP contribution < -0.4 is 5.32 Å². The molecule has 0 spiro atoms. The molecule has 0 aromatic rings. The Bertz CT molecular complexity index is 856. The van der Waals surface area contributed by atoms with Crippen LogP contribution in [0.3, 0.4) is 0 Å². The highest BCUT2D eigenvalue weighted by atomic mass is 16.5. The number of fused-ring (bicyclic) bond motifs is 5. The summed E-state index contributed by atoms with van der Waals surface area (Å²) in [5.74, 6) is 3.56. The zero-order valence-corrected chi connectivity index (χ0v) is 18.8. The van der Waals surface area contributed by atoms with E-state index in [-0.39, 0.29) is 12.0 Å². The zero-order chi connectivity index (χ0) is 20.8. The maximum absolute atomic E-state index is 12.4. The first-order valence-corrected chi connectivity index (χ1v) is 13.0. The van der Waals surface area contributed by atoms with Gasteiger partial charge in [-0.05, 0) is 123 Å². The maximum atomic E-state index is 12.4. The molecule has 6 atom stereocenters. The molecule has 1 N–H and O–H groups in total. The van der Waals surface area contributed by atoms with Gasteiger partial charge in [-0.3, -0.25) is 4.79 Å². The molecule has 0 bridgehead atoms. The fourth-order valence-corrected chi connectivity index (χ4v) is 7.61. The Kier molecular flexibility index (Phi) is 5.42. The molecule has 1 saturated carbocycles. The van der Waals surface area contributed by atoms with Crippen LogP contribution in [0, 0.1) is 29.6 Å². The van der Waals surface area contributed by atoms with Gasteiger partial charge in [0.05, 0.1) is 6.61 Å². The second kappa shape index (κ2) is 8.39. The van der Waals surface area contributed by atoms with Crippen LogP contribution in [0.15, 0.2) is 46.6 Å². The van der Waals surface area contributed by atoms with Crippen molar-refractivity contribution < 1.29 is 9.53 Å². The Labute approximate surface area is 187 Å². The Morgan fingerprint density at radius 1 is 0.871 bits per heavy atom. The lowest BCUT2D eigenvalue weighted by Gasteiger charge is -2.46. The Balaban J connectivity index is 1.21. The normalized spacial score (nSPS) is 39.0. The summed E-state index contributed by atoms with van der Waals surface area (Å²) in [5, 5.41) is 3.27. The van der Waals surface area contributed by atoms with Crippen molar-refractivity contribution in [3.05, 3.63) is 46.6 Å². The first-order valence-electron chi connectivity index (χ1n) is 13.0. The number of rotatable bonds is 3. The summed E-state index contributed by atoms with van der Waals surface area (Å²) in [6.07, 6.45) is 23.6. The average Bonchev–Trinajstić information content (AvgIpc) is 3.37. The van der Waals surface area contributed by atoms with Crippen molar-refractivity contribution in [3.8, 4) is 0 Å². The average molecular weight is 420 g/mol. The van der Waals surface area contributed by atoms with Gasteiger partial charge in [0.15, 0.2) is 0 Å². The minimum absolute atomic E-state index is 0.0232. The van der Waals surface area contributed by atoms with Gasteiger partial charge in [-0.1, -0.05) is 29.9 Å². The summed E-state index contributed by atoms with van der Waals surface area (Å²) in [4.78, 5) is 12.4. The van der Waals surface area contributed by atoms with Crippen LogP contribution in [0.1, 0.15) is 70.6 Å². The molecule has 3 nitrogen and oxygen atoms in total. The number of ether oxygens (including phenoxy) is 1. The summed E-state index contributed by atoms with van der Waals surface area (Å²) in [5.41, 5.74) is 6.74. The predicted molar refractivity (Wildman–Crippen MR) is 123 cm³/mol. The van der Waals surface area contributed by atoms with Gasteiger partial charge in [-0.15, -0.1) is 0 Å². The van der Waals surface area contributed by atoms with E-state index in [4.69, 9.17) is 4.74 Å². The third-order valence-corrected chi connectivity index (χ3v) is 9.23. The minimum atomic E-state index is -0.0610. The van der Waals surface area contributed by atoms with Crippen LogP contribution in [0.2, 0.25) is 0 Å². The standard InChI is InChI=1S/C28H37NO2/c30-28(27-6-3-15-29-27)31-17-18-7-8-20-10-12-24-23-11-9-19-4-1-2-5-21(19)22(23)13-14-25(24)26(20)16-18/h2,5,13-14,18-20,23-24,27,29H,1,3-4,6-12,15-17H2. The van der Waals surface area contributed by atoms with Gasteiger partial charge in [0.1, 0.15) is 6.04 Å². The third kappa shape index (κ3) is 3.67. The Hall–Kier alpha value is -1.61. The Morgan fingerprint density at radius 2 is 1.68 bits per heavy atom. The van der Waals surface area contributed by atoms with Gasteiger partial charge in [0.25, 0.3) is 0 Å². The first-order chi connectivity index (χ1) is 15.3. The van der Waals surface area contributed by atoms with E-state index in [9.17, 15) is 4.79 Å². The lowest BCUT2D eigenvalue weighted by Crippen LogP contribution is -2.36. The van der Waals surface area contributed by atoms with E-state index < -0.39 is 0 Å². The van der Waals surface area contributed by atoms with Gasteiger partial charge in [0, 0.05) is 0 Å². The van der Waals surface area contributed by atoms with Crippen LogP contribution in [-0.2, 0) is 9.53 Å². The van der Waals surface area contributed by atoms with Crippen molar-refractivity contribution in [1.29, 1.82) is 0 Å². The van der Waals surface area contributed by atoms with E-state index in [0.717, 1.165) is 49.5 Å². The van der Waals surface area contributed by atoms with E-state index in [2.05, 4.69) is 29.6 Å². The van der Waals surface area contributed by atoms with E-state index in [1.165, 1.54) is 51.4 Å². The molecule has 0 radical (unpaired) electrons. The number of hydrogen-bond donors (Lipinski definition) is 1. The molecule has 31 heavy (non-hydrogen) atoms. The van der Waals surface area contributed by atoms with Crippen molar-refractivity contribution in [2.75, 3.05) is 13.2 Å². The third-order valence-electron chi connectivity index (χ3n) is 9.23. The molecule has 6 rings (SSSR count). The summed E-state index contributed by atoms with van der Waals surface area (Å²) in [7, 11) is 0. The molecule has 0 amide bonds. The molecule has 5 aliphatic carbocycles. The highest BCUT2D eigenvalue weighted by Crippen LogP contribution is 2.54. The molecule has 3 heteroatoms. The molecular formula is C28H37NO2. The van der Waals surface area contributed by atoms with E-state index in [1.807, 2.05) is 0 Å². The Morgan fingerprint density at radius 3 is 2.55 bits per heavy atom. The lowest BCUT2D eigenvalue weighted by molar-refractivity contribution is -0.147. The van der Waals surface area contributed by atoms with E-state index >= 15 is 0 Å². The van der Waals surface area contributed by atoms with Gasteiger partial charge in [-0.2, -0.15) is 0 Å². The molecule has 1 saturated heterocycles. The monoisotopic (exact) mass is 419 g/mol. The highest BCUT2D eigenvalue weighted by Gasteiger charge is 2.41. The lowest BCUT2D eigenvalue weighted by atomic mass is 9.59. The summed E-state index contributed by atoms with van der Waals surface area (Å²) in [6, 6.07) is -0.0610. The maximum Gasteiger partial charge on any atom is 0.323 e. The van der Waals surface area contributed by atoms with Crippen molar-refractivity contribution >= 4 is 5.97 Å². The predicted octanol–water partition coefficient (Wildman–Crippen LogP) is 5.65. The van der Waals surface area contributed by atoms with Crippen molar-refractivity contribution in [2.45, 2.75) is 76.7 Å². The summed E-state index contributed by atoms with van der Waals surface area (Å²) in [6.45, 7) is 1.56. The number of hydrogen-bond acceptors (Lipinski definition) is 3. The van der Waals surface area contributed by atoms with Crippen LogP contribution in [0.4, 0.5) is 0 Å². The molecular weight excluding hydrogens is 382 g/mol. The van der Waals surface area contributed by atoms with Crippen molar-refractivity contribution in [3.63, 3.8) is 0 Å². The van der Waals surface area contributed by atoms with Gasteiger partial charge >= 0.3 is 5.97 Å². The molecule has 2 fully saturated rings. The molecule has 1 heterocycles. The van der Waals surface area contributed by atoms with E-state index in [1.54, 1.807) is 22.3 Å². The molecule has 0 aromatic heterocycles. The van der Waals surface area contributed by atoms with Crippen LogP contribution >= 0.6 is 0 Å². The quantitative estimate of drug-likeness (QED) is 0.601. The second-order valence-corrected chi connectivity index (χ2v) is 10.9.